The van der Waals surface area contributed by atoms with E-state index >= 15 is 0 Å². The van der Waals surface area contributed by atoms with Gasteiger partial charge in [-0.1, -0.05) is 0 Å². The first kappa shape index (κ1) is 34.5. The highest BCUT2D eigenvalue weighted by Gasteiger charge is 2.29. The highest BCUT2D eigenvalue weighted by molar-refractivity contribution is 5.95. The number of rotatable bonds is 7. The lowest BCUT2D eigenvalue weighted by Gasteiger charge is -2.35. The molecular formula is C34H44N6O8. The largest absolute Gasteiger partial charge is 0.493 e. The van der Waals surface area contributed by atoms with E-state index in [9.17, 15) is 14.4 Å². The van der Waals surface area contributed by atoms with E-state index < -0.39 is 0 Å². The number of piperidine rings is 1. The van der Waals surface area contributed by atoms with Crippen LogP contribution in [0.3, 0.4) is 0 Å². The van der Waals surface area contributed by atoms with Crippen molar-refractivity contribution >= 4 is 34.4 Å². The van der Waals surface area contributed by atoms with Crippen LogP contribution >= 0.6 is 0 Å². The van der Waals surface area contributed by atoms with Crippen molar-refractivity contribution in [3.63, 3.8) is 0 Å². The molecule has 2 aliphatic heterocycles. The van der Waals surface area contributed by atoms with Crippen LogP contribution in [-0.2, 0) is 20.9 Å². The number of fused-ring (bicyclic) bond motifs is 5. The van der Waals surface area contributed by atoms with Crippen molar-refractivity contribution < 1.29 is 38.1 Å². The normalized spacial score (nSPS) is 17.5. The van der Waals surface area contributed by atoms with Crippen LogP contribution in [0.25, 0.3) is 10.9 Å². The van der Waals surface area contributed by atoms with Crippen LogP contribution in [0.15, 0.2) is 30.5 Å². The number of hydrogen-bond donors (Lipinski definition) is 1. The second-order valence-corrected chi connectivity index (χ2v) is 11.8. The van der Waals surface area contributed by atoms with Crippen LogP contribution in [0.1, 0.15) is 35.2 Å². The standard InChI is InChI=1S/C34H44N6O8/c1-44-21-30(42)38-12-10-28(41)35-17-22-7-6-11-39(19-22)33-24(15-25-26(37-33)16-27(45-2)32(48-5)31(25)47-4)20-40(14-13-38)34(43)23-8-9-29(46-3)36-18-23/h8-9,15-16,18,22H,6-7,10-14,17,19-21H2,1-5H3,(H,35,41). The van der Waals surface area contributed by atoms with Crippen LogP contribution in [0.4, 0.5) is 5.82 Å². The minimum Gasteiger partial charge on any atom is -0.493 e. The summed E-state index contributed by atoms with van der Waals surface area (Å²) in [4.78, 5) is 55.1. The molecule has 5 rings (SSSR count). The number of methoxy groups -OCH3 is 5. The first-order chi connectivity index (χ1) is 23.3. The Morgan fingerprint density at radius 3 is 2.42 bits per heavy atom. The summed E-state index contributed by atoms with van der Waals surface area (Å²) in [6.45, 7) is 2.52. The number of amides is 3. The third-order valence-electron chi connectivity index (χ3n) is 8.80. The molecule has 14 nitrogen and oxygen atoms in total. The third kappa shape index (κ3) is 7.64. The number of benzene rings is 1. The number of aromatic nitrogens is 2. The molecule has 1 saturated heterocycles. The molecule has 0 radical (unpaired) electrons. The SMILES string of the molecule is COCC(=O)N1CCC(=O)NCC2CCCN(C2)c2nc3cc(OC)c(OC)c(OC)c3cc2CN(C(=O)c2ccc(OC)nc2)CC1. The van der Waals surface area contributed by atoms with Crippen LogP contribution in [0.2, 0.25) is 0 Å². The van der Waals surface area contributed by atoms with Crippen molar-refractivity contribution in [3.05, 3.63) is 41.6 Å². The second kappa shape index (κ2) is 15.8. The Bertz CT molecular complexity index is 1620. The quantitative estimate of drug-likeness (QED) is 0.398. The summed E-state index contributed by atoms with van der Waals surface area (Å²) in [6, 6.07) is 7.10. The van der Waals surface area contributed by atoms with E-state index in [4.69, 9.17) is 28.7 Å². The number of anilines is 1. The number of nitrogens with one attached hydrogen (secondary N) is 1. The molecule has 1 unspecified atom stereocenters. The van der Waals surface area contributed by atoms with Crippen LogP contribution in [0.5, 0.6) is 23.1 Å². The van der Waals surface area contributed by atoms with Gasteiger partial charge in [0.15, 0.2) is 11.5 Å². The lowest BCUT2D eigenvalue weighted by Crippen LogP contribution is -2.43. The maximum Gasteiger partial charge on any atom is 0.255 e. The summed E-state index contributed by atoms with van der Waals surface area (Å²) in [5, 5.41) is 3.77. The van der Waals surface area contributed by atoms with Gasteiger partial charge in [0, 0.05) is 88.6 Å². The fourth-order valence-electron chi connectivity index (χ4n) is 6.31. The molecule has 1 N–H and O–H groups in total. The van der Waals surface area contributed by atoms with Crippen LogP contribution in [0, 0.1) is 5.92 Å². The van der Waals surface area contributed by atoms with Gasteiger partial charge in [0.05, 0.1) is 39.5 Å². The predicted octanol–water partition coefficient (Wildman–Crippen LogP) is 2.52. The number of ether oxygens (including phenoxy) is 5. The Balaban J connectivity index is 1.65. The van der Waals surface area contributed by atoms with Gasteiger partial charge in [-0.2, -0.15) is 0 Å². The van der Waals surface area contributed by atoms with Crippen molar-refractivity contribution in [2.45, 2.75) is 25.8 Å². The maximum atomic E-state index is 14.2. The molecule has 0 saturated carbocycles. The highest BCUT2D eigenvalue weighted by Crippen LogP contribution is 2.44. The lowest BCUT2D eigenvalue weighted by molar-refractivity contribution is -0.135. The molecule has 2 bridgehead atoms. The molecule has 48 heavy (non-hydrogen) atoms. The Morgan fingerprint density at radius 1 is 0.938 bits per heavy atom. The Morgan fingerprint density at radius 2 is 1.73 bits per heavy atom. The van der Waals surface area contributed by atoms with Crippen molar-refractivity contribution in [1.82, 2.24) is 25.1 Å². The summed E-state index contributed by atoms with van der Waals surface area (Å²) in [5.41, 5.74) is 1.79. The van der Waals surface area contributed by atoms with Gasteiger partial charge < -0.3 is 43.7 Å². The van der Waals surface area contributed by atoms with Crippen molar-refractivity contribution in [2.75, 3.05) is 86.3 Å². The highest BCUT2D eigenvalue weighted by atomic mass is 16.5. The van der Waals surface area contributed by atoms with E-state index in [1.54, 1.807) is 43.3 Å². The van der Waals surface area contributed by atoms with Gasteiger partial charge in [-0.15, -0.1) is 0 Å². The van der Waals surface area contributed by atoms with E-state index in [2.05, 4.69) is 15.2 Å². The van der Waals surface area contributed by atoms with Gasteiger partial charge in [-0.3, -0.25) is 14.4 Å². The number of hydrogen-bond acceptors (Lipinski definition) is 11. The summed E-state index contributed by atoms with van der Waals surface area (Å²) in [7, 11) is 7.64. The van der Waals surface area contributed by atoms with Crippen molar-refractivity contribution in [1.29, 1.82) is 0 Å². The Hall–Kier alpha value is -4.85. The first-order valence-corrected chi connectivity index (χ1v) is 16.0. The fourth-order valence-corrected chi connectivity index (χ4v) is 6.31. The zero-order valence-corrected chi connectivity index (χ0v) is 28.2. The van der Waals surface area contributed by atoms with Gasteiger partial charge >= 0.3 is 0 Å². The predicted molar refractivity (Wildman–Crippen MR) is 178 cm³/mol. The fraction of sp³-hybridized carbons (Fsp3) is 0.500. The van der Waals surface area contributed by atoms with E-state index in [-0.39, 0.29) is 62.8 Å². The van der Waals surface area contributed by atoms with Gasteiger partial charge in [0.2, 0.25) is 23.4 Å². The van der Waals surface area contributed by atoms with Gasteiger partial charge in [0.25, 0.3) is 5.91 Å². The van der Waals surface area contributed by atoms with Gasteiger partial charge in [0.1, 0.15) is 12.4 Å². The van der Waals surface area contributed by atoms with Gasteiger partial charge in [-0.25, -0.2) is 9.97 Å². The van der Waals surface area contributed by atoms with E-state index in [0.29, 0.717) is 52.7 Å². The summed E-state index contributed by atoms with van der Waals surface area (Å²) in [6.07, 6.45) is 3.48. The van der Waals surface area contributed by atoms with E-state index in [0.717, 1.165) is 30.8 Å². The monoisotopic (exact) mass is 664 g/mol. The van der Waals surface area contributed by atoms with Crippen LogP contribution in [-0.4, -0.2) is 119 Å². The van der Waals surface area contributed by atoms with Crippen molar-refractivity contribution in [3.8, 4) is 23.1 Å². The average molecular weight is 665 g/mol. The molecule has 0 spiro atoms. The molecular weight excluding hydrogens is 620 g/mol. The summed E-state index contributed by atoms with van der Waals surface area (Å²) in [5.74, 6) is 1.99. The van der Waals surface area contributed by atoms with Crippen LogP contribution < -0.4 is 29.2 Å². The van der Waals surface area contributed by atoms with E-state index in [1.807, 2.05) is 12.1 Å². The molecule has 2 aliphatic rings. The smallest absolute Gasteiger partial charge is 0.255 e. The molecule has 0 aliphatic carbocycles. The Labute approximate surface area is 280 Å². The zero-order chi connectivity index (χ0) is 34.2. The van der Waals surface area contributed by atoms with Crippen molar-refractivity contribution in [2.24, 2.45) is 5.92 Å². The van der Waals surface area contributed by atoms with Gasteiger partial charge in [-0.05, 0) is 30.9 Å². The number of nitrogens with zero attached hydrogens (tertiary/aromatic N) is 5. The molecule has 3 aromatic rings. The minimum atomic E-state index is -0.284. The molecule has 258 valence electrons. The average Bonchev–Trinajstić information content (AvgIpc) is 3.11. The summed E-state index contributed by atoms with van der Waals surface area (Å²) < 4.78 is 27.5. The molecule has 4 heterocycles. The minimum absolute atomic E-state index is 0.132. The number of carbonyl (C=O) groups excluding carboxylic acids is 3. The maximum absolute atomic E-state index is 14.2. The second-order valence-electron chi connectivity index (χ2n) is 11.8. The topological polar surface area (TPSA) is 145 Å². The third-order valence-corrected chi connectivity index (χ3v) is 8.80. The number of pyridine rings is 2. The first-order valence-electron chi connectivity index (χ1n) is 16.0. The van der Waals surface area contributed by atoms with E-state index in [1.165, 1.54) is 20.4 Å². The summed E-state index contributed by atoms with van der Waals surface area (Å²) >= 11 is 0. The molecule has 2 aromatic heterocycles. The molecule has 1 atom stereocenters. The Kier molecular flexibility index (Phi) is 11.4. The number of carbonyl (C=O) groups is 3. The molecule has 3 amide bonds. The zero-order valence-electron chi connectivity index (χ0n) is 28.2. The molecule has 1 fully saturated rings. The molecule has 1 aromatic carbocycles. The molecule has 14 heteroatoms. The lowest BCUT2D eigenvalue weighted by atomic mass is 9.97.